The van der Waals surface area contributed by atoms with Crippen LogP contribution in [0.2, 0.25) is 0 Å². The SMILES string of the molecule is CC(O)C(=O)OCCCOC(=O)C(C)O.CC1OC(=O)C(C)OC1=O.OCCCO. The fourth-order valence-electron chi connectivity index (χ4n) is 1.35. The van der Waals surface area contributed by atoms with E-state index in [2.05, 4.69) is 18.9 Å². The van der Waals surface area contributed by atoms with Crippen molar-refractivity contribution in [3.05, 3.63) is 0 Å². The third-order valence-corrected chi connectivity index (χ3v) is 3.03. The van der Waals surface area contributed by atoms with E-state index in [-0.39, 0.29) is 26.4 Å². The van der Waals surface area contributed by atoms with E-state index >= 15 is 0 Å². The number of carbonyl (C=O) groups is 4. The Hall–Kier alpha value is -2.28. The highest BCUT2D eigenvalue weighted by Crippen LogP contribution is 2.08. The van der Waals surface area contributed by atoms with Gasteiger partial charge in [0.05, 0.1) is 13.2 Å². The monoisotopic (exact) mass is 440 g/mol. The topological polar surface area (TPSA) is 186 Å². The second-order valence-corrected chi connectivity index (χ2v) is 6.00. The number of ether oxygens (including phenoxy) is 4. The van der Waals surface area contributed by atoms with E-state index in [1.54, 1.807) is 0 Å². The van der Waals surface area contributed by atoms with Gasteiger partial charge in [0.25, 0.3) is 0 Å². The van der Waals surface area contributed by atoms with Crippen molar-refractivity contribution in [1.29, 1.82) is 0 Å². The summed E-state index contributed by atoms with van der Waals surface area (Å²) in [5.74, 6) is -2.38. The zero-order chi connectivity index (χ0) is 23.7. The van der Waals surface area contributed by atoms with Crippen molar-refractivity contribution in [1.82, 2.24) is 0 Å². The molecule has 4 atom stereocenters. The first-order valence-electron chi connectivity index (χ1n) is 9.29. The van der Waals surface area contributed by atoms with Gasteiger partial charge in [0.1, 0.15) is 12.2 Å². The van der Waals surface area contributed by atoms with Crippen molar-refractivity contribution in [3.63, 3.8) is 0 Å². The minimum atomic E-state index is -1.15. The normalized spacial score (nSPS) is 19.5. The van der Waals surface area contributed by atoms with Crippen LogP contribution in [0.15, 0.2) is 0 Å². The molecule has 4 N–H and O–H groups in total. The number of esters is 4. The molecule has 0 amide bonds. The van der Waals surface area contributed by atoms with E-state index in [9.17, 15) is 19.2 Å². The quantitative estimate of drug-likeness (QED) is 0.194. The maximum atomic E-state index is 10.7. The number of aliphatic hydroxyl groups excluding tert-OH is 4. The summed E-state index contributed by atoms with van der Waals surface area (Å²) in [6.45, 7) is 5.88. The van der Waals surface area contributed by atoms with Crippen LogP contribution in [0, 0.1) is 0 Å². The predicted molar refractivity (Wildman–Crippen MR) is 99.8 cm³/mol. The van der Waals surface area contributed by atoms with Crippen LogP contribution in [-0.2, 0) is 38.1 Å². The molecule has 4 unspecified atom stereocenters. The standard InChI is InChI=1S/C9H16O6.C6H8O4.C3H8O2/c1-6(10)8(12)14-4-3-5-15-9(13)7(2)11;1-3-5(7)10-4(2)6(8)9-3;4-2-1-3-5/h6-7,10-11H,3-5H2,1-2H3;3-4H,1-2H3;4-5H,1-3H2. The molecule has 0 aromatic carbocycles. The maximum Gasteiger partial charge on any atom is 0.347 e. The summed E-state index contributed by atoms with van der Waals surface area (Å²) in [5, 5.41) is 33.3. The van der Waals surface area contributed by atoms with Gasteiger partial charge in [-0.2, -0.15) is 0 Å². The van der Waals surface area contributed by atoms with Gasteiger partial charge < -0.3 is 39.4 Å². The molecule has 0 spiro atoms. The summed E-state index contributed by atoms with van der Waals surface area (Å²) < 4.78 is 18.4. The summed E-state index contributed by atoms with van der Waals surface area (Å²) in [6.07, 6.45) is -2.96. The molecular weight excluding hydrogens is 408 g/mol. The highest BCUT2D eigenvalue weighted by atomic mass is 16.6. The van der Waals surface area contributed by atoms with Gasteiger partial charge in [0, 0.05) is 19.6 Å². The Bertz CT molecular complexity index is 473. The molecule has 0 bridgehead atoms. The van der Waals surface area contributed by atoms with E-state index < -0.39 is 48.3 Å². The van der Waals surface area contributed by atoms with Crippen LogP contribution in [0.4, 0.5) is 0 Å². The number of rotatable bonds is 8. The van der Waals surface area contributed by atoms with Gasteiger partial charge >= 0.3 is 23.9 Å². The highest BCUT2D eigenvalue weighted by Gasteiger charge is 2.32. The molecule has 0 saturated carbocycles. The van der Waals surface area contributed by atoms with Crippen molar-refractivity contribution >= 4 is 23.9 Å². The molecule has 0 aromatic heterocycles. The van der Waals surface area contributed by atoms with Crippen molar-refractivity contribution in [3.8, 4) is 0 Å². The molecule has 1 heterocycles. The van der Waals surface area contributed by atoms with Crippen LogP contribution in [-0.4, -0.2) is 95.1 Å². The lowest BCUT2D eigenvalue weighted by atomic mass is 10.3. The molecule has 1 aliphatic rings. The van der Waals surface area contributed by atoms with Crippen LogP contribution >= 0.6 is 0 Å². The Labute approximate surface area is 174 Å². The number of aliphatic hydroxyl groups is 4. The minimum Gasteiger partial charge on any atom is -0.464 e. The van der Waals surface area contributed by atoms with Gasteiger partial charge in [-0.15, -0.1) is 0 Å². The van der Waals surface area contributed by atoms with Crippen molar-refractivity contribution < 1.29 is 58.6 Å². The Balaban J connectivity index is 0. The molecule has 0 aliphatic carbocycles. The lowest BCUT2D eigenvalue weighted by Gasteiger charge is -2.22. The summed E-state index contributed by atoms with van der Waals surface area (Å²) in [5.41, 5.74) is 0. The molecular formula is C18H32O12. The van der Waals surface area contributed by atoms with Crippen LogP contribution in [0.1, 0.15) is 40.5 Å². The first kappa shape index (κ1) is 29.9. The zero-order valence-electron chi connectivity index (χ0n) is 17.6. The van der Waals surface area contributed by atoms with Gasteiger partial charge in [-0.3, -0.25) is 0 Å². The van der Waals surface area contributed by atoms with Crippen molar-refractivity contribution in [2.45, 2.75) is 65.0 Å². The third kappa shape index (κ3) is 15.6. The average molecular weight is 440 g/mol. The average Bonchev–Trinajstić information content (AvgIpc) is 2.67. The molecule has 1 fully saturated rings. The van der Waals surface area contributed by atoms with Crippen LogP contribution in [0.5, 0.6) is 0 Å². The summed E-state index contributed by atoms with van der Waals surface area (Å²) in [4.78, 5) is 42.8. The molecule has 1 aliphatic heterocycles. The summed E-state index contributed by atoms with van der Waals surface area (Å²) in [6, 6.07) is 0. The van der Waals surface area contributed by atoms with Gasteiger partial charge in [0.2, 0.25) is 0 Å². The zero-order valence-corrected chi connectivity index (χ0v) is 17.6. The first-order valence-corrected chi connectivity index (χ1v) is 9.29. The van der Waals surface area contributed by atoms with Crippen molar-refractivity contribution in [2.24, 2.45) is 0 Å². The number of cyclic esters (lactones) is 2. The largest absolute Gasteiger partial charge is 0.464 e. The first-order chi connectivity index (χ1) is 14.0. The van der Waals surface area contributed by atoms with Crippen LogP contribution < -0.4 is 0 Å². The molecule has 1 rings (SSSR count). The highest BCUT2D eigenvalue weighted by molar-refractivity contribution is 5.86. The number of hydrogen-bond acceptors (Lipinski definition) is 12. The Morgan fingerprint density at radius 3 is 1.40 bits per heavy atom. The molecule has 12 nitrogen and oxygen atoms in total. The Kier molecular flexibility index (Phi) is 17.5. The summed E-state index contributed by atoms with van der Waals surface area (Å²) >= 11 is 0. The van der Waals surface area contributed by atoms with Gasteiger partial charge in [0.15, 0.2) is 12.2 Å². The molecule has 176 valence electrons. The van der Waals surface area contributed by atoms with E-state index in [4.69, 9.17) is 20.4 Å². The molecule has 0 aromatic rings. The van der Waals surface area contributed by atoms with Gasteiger partial charge in [-0.05, 0) is 34.1 Å². The molecule has 30 heavy (non-hydrogen) atoms. The van der Waals surface area contributed by atoms with Crippen molar-refractivity contribution in [2.75, 3.05) is 26.4 Å². The van der Waals surface area contributed by atoms with Gasteiger partial charge in [-0.25, -0.2) is 19.2 Å². The molecule has 0 radical (unpaired) electrons. The molecule has 12 heteroatoms. The second-order valence-electron chi connectivity index (χ2n) is 6.00. The fourth-order valence-corrected chi connectivity index (χ4v) is 1.35. The Morgan fingerprint density at radius 1 is 0.833 bits per heavy atom. The van der Waals surface area contributed by atoms with Crippen LogP contribution in [0.25, 0.3) is 0 Å². The number of carbonyl (C=O) groups excluding carboxylic acids is 4. The predicted octanol–water partition coefficient (Wildman–Crippen LogP) is -1.55. The smallest absolute Gasteiger partial charge is 0.347 e. The number of hydrogen-bond donors (Lipinski definition) is 4. The van der Waals surface area contributed by atoms with E-state index in [1.165, 1.54) is 27.7 Å². The van der Waals surface area contributed by atoms with E-state index in [1.807, 2.05) is 0 Å². The summed E-state index contributed by atoms with van der Waals surface area (Å²) in [7, 11) is 0. The lowest BCUT2D eigenvalue weighted by Crippen LogP contribution is -2.40. The van der Waals surface area contributed by atoms with Gasteiger partial charge in [-0.1, -0.05) is 0 Å². The second kappa shape index (κ2) is 17.6. The van der Waals surface area contributed by atoms with Crippen LogP contribution in [0.3, 0.4) is 0 Å². The fraction of sp³-hybridized carbons (Fsp3) is 0.778. The maximum absolute atomic E-state index is 10.7. The van der Waals surface area contributed by atoms with E-state index in [0.29, 0.717) is 12.8 Å². The lowest BCUT2D eigenvalue weighted by molar-refractivity contribution is -0.191. The Morgan fingerprint density at radius 2 is 1.17 bits per heavy atom. The van der Waals surface area contributed by atoms with E-state index in [0.717, 1.165) is 0 Å². The minimum absolute atomic E-state index is 0.0663. The molecule has 1 saturated heterocycles. The third-order valence-electron chi connectivity index (χ3n) is 3.03.